The Labute approximate surface area is 103 Å². The number of hydrogen-bond donors (Lipinski definition) is 1. The van der Waals surface area contributed by atoms with Gasteiger partial charge in [0.2, 0.25) is 5.89 Å². The fourth-order valence-corrected chi connectivity index (χ4v) is 1.63. The van der Waals surface area contributed by atoms with E-state index in [0.29, 0.717) is 17.4 Å². The molecular weight excluding hydrogens is 236 g/mol. The van der Waals surface area contributed by atoms with Crippen molar-refractivity contribution in [3.63, 3.8) is 0 Å². The van der Waals surface area contributed by atoms with E-state index in [1.165, 1.54) is 10.9 Å². The summed E-state index contributed by atoms with van der Waals surface area (Å²) in [5.74, 6) is 0.101. The highest BCUT2D eigenvalue weighted by Gasteiger charge is 2.13. The lowest BCUT2D eigenvalue weighted by Crippen LogP contribution is -2.01. The minimum absolute atomic E-state index is 0.184. The van der Waals surface area contributed by atoms with E-state index in [4.69, 9.17) is 9.63 Å². The molecule has 0 aliphatic rings. The van der Waals surface area contributed by atoms with Crippen LogP contribution in [0.1, 0.15) is 41.1 Å². The standard InChI is InChI=1S/C11H14N4O3/c1-3-4-9-12-10(18-14-9)6-15-5-8(11(16)17)7(2)13-15/h5H,3-4,6H2,1-2H3,(H,16,17). The van der Waals surface area contributed by atoms with Crippen LogP contribution in [0.5, 0.6) is 0 Å². The van der Waals surface area contributed by atoms with Gasteiger partial charge in [-0.1, -0.05) is 12.1 Å². The highest BCUT2D eigenvalue weighted by molar-refractivity contribution is 5.88. The minimum Gasteiger partial charge on any atom is -0.478 e. The largest absolute Gasteiger partial charge is 0.478 e. The van der Waals surface area contributed by atoms with Crippen molar-refractivity contribution < 1.29 is 14.4 Å². The monoisotopic (exact) mass is 250 g/mol. The van der Waals surface area contributed by atoms with Crippen molar-refractivity contribution >= 4 is 5.97 Å². The number of nitrogens with zero attached hydrogens (tertiary/aromatic N) is 4. The SMILES string of the molecule is CCCc1noc(Cn2cc(C(=O)O)c(C)n2)n1. The van der Waals surface area contributed by atoms with Crippen molar-refractivity contribution in [3.05, 3.63) is 29.2 Å². The van der Waals surface area contributed by atoms with E-state index in [0.717, 1.165) is 12.8 Å². The molecule has 0 unspecified atom stereocenters. The molecule has 0 aliphatic heterocycles. The average molecular weight is 250 g/mol. The predicted molar refractivity (Wildman–Crippen MR) is 61.3 cm³/mol. The van der Waals surface area contributed by atoms with Crippen LogP contribution in [0.4, 0.5) is 0 Å². The van der Waals surface area contributed by atoms with Crippen molar-refractivity contribution in [1.29, 1.82) is 0 Å². The second kappa shape index (κ2) is 4.99. The third kappa shape index (κ3) is 2.55. The zero-order valence-electron chi connectivity index (χ0n) is 10.3. The van der Waals surface area contributed by atoms with E-state index in [1.54, 1.807) is 6.92 Å². The molecule has 0 spiro atoms. The minimum atomic E-state index is -0.990. The molecule has 0 radical (unpaired) electrons. The molecule has 0 aliphatic carbocycles. The van der Waals surface area contributed by atoms with Gasteiger partial charge >= 0.3 is 5.97 Å². The van der Waals surface area contributed by atoms with Crippen LogP contribution in [0.15, 0.2) is 10.7 Å². The normalized spacial score (nSPS) is 10.8. The van der Waals surface area contributed by atoms with Gasteiger partial charge < -0.3 is 9.63 Å². The molecule has 0 amide bonds. The smallest absolute Gasteiger partial charge is 0.339 e. The van der Waals surface area contributed by atoms with E-state index >= 15 is 0 Å². The van der Waals surface area contributed by atoms with Crippen LogP contribution >= 0.6 is 0 Å². The van der Waals surface area contributed by atoms with E-state index in [1.807, 2.05) is 6.92 Å². The molecule has 96 valence electrons. The number of aromatic carboxylic acids is 1. The lowest BCUT2D eigenvalue weighted by molar-refractivity contribution is 0.0696. The average Bonchev–Trinajstić information content (AvgIpc) is 2.87. The second-order valence-electron chi connectivity index (χ2n) is 3.99. The zero-order chi connectivity index (χ0) is 13.1. The molecule has 0 atom stereocenters. The van der Waals surface area contributed by atoms with Gasteiger partial charge in [-0.2, -0.15) is 10.1 Å². The summed E-state index contributed by atoms with van der Waals surface area (Å²) in [6.45, 7) is 3.97. The van der Waals surface area contributed by atoms with Gasteiger partial charge in [0.1, 0.15) is 12.1 Å². The predicted octanol–water partition coefficient (Wildman–Crippen LogP) is 1.27. The molecule has 0 aromatic carbocycles. The van der Waals surface area contributed by atoms with E-state index in [-0.39, 0.29) is 12.1 Å². The van der Waals surface area contributed by atoms with Crippen molar-refractivity contribution in [2.24, 2.45) is 0 Å². The zero-order valence-corrected chi connectivity index (χ0v) is 10.3. The molecule has 0 bridgehead atoms. The van der Waals surface area contributed by atoms with Crippen molar-refractivity contribution in [3.8, 4) is 0 Å². The molecule has 2 aromatic heterocycles. The topological polar surface area (TPSA) is 94.0 Å². The Morgan fingerprint density at radius 2 is 2.33 bits per heavy atom. The number of aryl methyl sites for hydroxylation is 2. The van der Waals surface area contributed by atoms with E-state index in [9.17, 15) is 4.79 Å². The molecule has 0 fully saturated rings. The fourth-order valence-electron chi connectivity index (χ4n) is 1.63. The Morgan fingerprint density at radius 3 is 2.94 bits per heavy atom. The summed E-state index contributed by atoms with van der Waals surface area (Å²) in [6, 6.07) is 0. The van der Waals surface area contributed by atoms with Gasteiger partial charge in [0, 0.05) is 12.6 Å². The van der Waals surface area contributed by atoms with Crippen molar-refractivity contribution in [2.75, 3.05) is 0 Å². The summed E-state index contributed by atoms with van der Waals surface area (Å²) < 4.78 is 6.55. The van der Waals surface area contributed by atoms with Gasteiger partial charge in [0.25, 0.3) is 0 Å². The Morgan fingerprint density at radius 1 is 1.56 bits per heavy atom. The van der Waals surface area contributed by atoms with Gasteiger partial charge in [0.15, 0.2) is 5.82 Å². The Hall–Kier alpha value is -2.18. The molecule has 2 aromatic rings. The van der Waals surface area contributed by atoms with Crippen LogP contribution in [0.2, 0.25) is 0 Å². The first kappa shape index (κ1) is 12.3. The van der Waals surface area contributed by atoms with Gasteiger partial charge in [-0.05, 0) is 13.3 Å². The molecule has 18 heavy (non-hydrogen) atoms. The van der Waals surface area contributed by atoms with E-state index < -0.39 is 5.97 Å². The number of carboxylic acids is 1. The summed E-state index contributed by atoms with van der Waals surface area (Å²) in [5.41, 5.74) is 0.652. The van der Waals surface area contributed by atoms with Gasteiger partial charge in [-0.3, -0.25) is 4.68 Å². The molecule has 0 saturated heterocycles. The first-order valence-electron chi connectivity index (χ1n) is 5.69. The summed E-state index contributed by atoms with van der Waals surface area (Å²) in [6.07, 6.45) is 3.17. The van der Waals surface area contributed by atoms with Crippen LogP contribution in [0, 0.1) is 6.92 Å². The number of rotatable bonds is 5. The Bertz CT molecular complexity index is 558. The molecule has 2 heterocycles. The Kier molecular flexibility index (Phi) is 3.40. The third-order valence-electron chi connectivity index (χ3n) is 2.46. The van der Waals surface area contributed by atoms with Crippen molar-refractivity contribution in [2.45, 2.75) is 33.2 Å². The maximum Gasteiger partial charge on any atom is 0.339 e. The molecule has 2 rings (SSSR count). The summed E-state index contributed by atoms with van der Waals surface area (Å²) >= 11 is 0. The van der Waals surface area contributed by atoms with Crippen molar-refractivity contribution in [1.82, 2.24) is 19.9 Å². The molecular formula is C11H14N4O3. The van der Waals surface area contributed by atoms with Crippen LogP contribution in [0.25, 0.3) is 0 Å². The lowest BCUT2D eigenvalue weighted by atomic mass is 10.3. The lowest BCUT2D eigenvalue weighted by Gasteiger charge is -1.93. The van der Waals surface area contributed by atoms with Crippen LogP contribution < -0.4 is 0 Å². The Balaban J connectivity index is 2.13. The number of carboxylic acid groups (broad SMARTS) is 1. The van der Waals surface area contributed by atoms with Crippen LogP contribution in [0.3, 0.4) is 0 Å². The fraction of sp³-hybridized carbons (Fsp3) is 0.455. The maximum atomic E-state index is 10.9. The van der Waals surface area contributed by atoms with Gasteiger partial charge in [-0.15, -0.1) is 0 Å². The number of aromatic nitrogens is 4. The summed E-state index contributed by atoms with van der Waals surface area (Å²) in [5, 5.41) is 16.8. The number of hydrogen-bond acceptors (Lipinski definition) is 5. The van der Waals surface area contributed by atoms with E-state index in [2.05, 4.69) is 15.2 Å². The molecule has 0 saturated carbocycles. The quantitative estimate of drug-likeness (QED) is 0.858. The maximum absolute atomic E-state index is 10.9. The first-order chi connectivity index (χ1) is 8.60. The third-order valence-corrected chi connectivity index (χ3v) is 2.46. The van der Waals surface area contributed by atoms with Gasteiger partial charge in [-0.25, -0.2) is 4.79 Å². The number of carbonyl (C=O) groups is 1. The molecule has 1 N–H and O–H groups in total. The van der Waals surface area contributed by atoms with Gasteiger partial charge in [0.05, 0.1) is 5.69 Å². The van der Waals surface area contributed by atoms with Crippen LogP contribution in [-0.2, 0) is 13.0 Å². The molecule has 7 nitrogen and oxygen atoms in total. The highest BCUT2D eigenvalue weighted by Crippen LogP contribution is 2.08. The van der Waals surface area contributed by atoms with Crippen LogP contribution in [-0.4, -0.2) is 31.0 Å². The second-order valence-corrected chi connectivity index (χ2v) is 3.99. The summed E-state index contributed by atoms with van der Waals surface area (Å²) in [4.78, 5) is 15.1. The highest BCUT2D eigenvalue weighted by atomic mass is 16.5. The first-order valence-corrected chi connectivity index (χ1v) is 5.69. The summed E-state index contributed by atoms with van der Waals surface area (Å²) in [7, 11) is 0. The molecule has 7 heteroatoms.